The van der Waals surface area contributed by atoms with E-state index >= 15 is 0 Å². The third-order valence-corrected chi connectivity index (χ3v) is 3.94. The Morgan fingerprint density at radius 1 is 1.28 bits per heavy atom. The lowest BCUT2D eigenvalue weighted by molar-refractivity contribution is 0.102. The van der Waals surface area contributed by atoms with Crippen LogP contribution in [-0.2, 0) is 6.42 Å². The molecule has 6 nitrogen and oxygen atoms in total. The molecule has 1 aromatic carbocycles. The predicted molar refractivity (Wildman–Crippen MR) is 96.7 cm³/mol. The molecular formula is C18H17ClN4O2. The molecule has 2 heterocycles. The van der Waals surface area contributed by atoms with E-state index in [1.165, 1.54) is 0 Å². The number of aromatic nitrogens is 3. The Bertz CT molecular complexity index is 890. The van der Waals surface area contributed by atoms with Crippen LogP contribution in [0.15, 0.2) is 48.8 Å². The Morgan fingerprint density at radius 3 is 2.76 bits per heavy atom. The third kappa shape index (κ3) is 3.64. The summed E-state index contributed by atoms with van der Waals surface area (Å²) in [4.78, 5) is 16.7. The summed E-state index contributed by atoms with van der Waals surface area (Å²) in [5, 5.41) is 7.79. The van der Waals surface area contributed by atoms with Gasteiger partial charge >= 0.3 is 0 Å². The molecule has 0 radical (unpaired) electrons. The number of hydrogen-bond acceptors (Lipinski definition) is 4. The number of hydrogen-bond donors (Lipinski definition) is 1. The fourth-order valence-corrected chi connectivity index (χ4v) is 2.69. The zero-order valence-corrected chi connectivity index (χ0v) is 14.6. The zero-order chi connectivity index (χ0) is 17.8. The Kier molecular flexibility index (Phi) is 5.00. The Morgan fingerprint density at radius 2 is 2.12 bits per heavy atom. The molecule has 7 heteroatoms. The van der Waals surface area contributed by atoms with E-state index in [1.54, 1.807) is 42.4 Å². The van der Waals surface area contributed by atoms with Crippen LogP contribution in [0.25, 0.3) is 5.69 Å². The molecule has 0 spiro atoms. The number of amides is 1. The lowest BCUT2D eigenvalue weighted by atomic mass is 10.2. The van der Waals surface area contributed by atoms with Crippen molar-refractivity contribution in [3.05, 3.63) is 65.1 Å². The van der Waals surface area contributed by atoms with Crippen LogP contribution in [0.4, 0.5) is 5.69 Å². The van der Waals surface area contributed by atoms with Gasteiger partial charge < -0.3 is 10.1 Å². The Hall–Kier alpha value is -2.86. The highest BCUT2D eigenvalue weighted by Gasteiger charge is 2.17. The number of pyridine rings is 1. The molecule has 0 atom stereocenters. The molecule has 0 aliphatic carbocycles. The summed E-state index contributed by atoms with van der Waals surface area (Å²) in [5.74, 6) is 0.248. The van der Waals surface area contributed by atoms with Crippen LogP contribution in [0.1, 0.15) is 23.0 Å². The number of carbonyl (C=O) groups excluding carboxylic acids is 1. The SMILES string of the molecule is CCc1c(C(=O)Nc2ccc(OC)nc2)cnn1-c1cccc(Cl)c1. The van der Waals surface area contributed by atoms with E-state index in [0.29, 0.717) is 28.6 Å². The molecule has 0 unspecified atom stereocenters. The average molecular weight is 357 g/mol. The fraction of sp³-hybridized carbons (Fsp3) is 0.167. The standard InChI is InChI=1S/C18H17ClN4O2/c1-3-16-15(11-21-23(16)14-6-4-5-12(19)9-14)18(24)22-13-7-8-17(25-2)20-10-13/h4-11H,3H2,1-2H3,(H,22,24). The van der Waals surface area contributed by atoms with Crippen LogP contribution in [0, 0.1) is 0 Å². The average Bonchev–Trinajstić information content (AvgIpc) is 3.06. The second-order valence-corrected chi connectivity index (χ2v) is 5.73. The number of halogens is 1. The van der Waals surface area contributed by atoms with Gasteiger partial charge in [-0.3, -0.25) is 4.79 Å². The Labute approximate surface area is 150 Å². The van der Waals surface area contributed by atoms with E-state index < -0.39 is 0 Å². The Balaban J connectivity index is 1.87. The molecule has 0 bridgehead atoms. The number of nitrogens with zero attached hydrogens (tertiary/aromatic N) is 3. The molecule has 2 aromatic heterocycles. The van der Waals surface area contributed by atoms with Crippen LogP contribution < -0.4 is 10.1 Å². The normalized spacial score (nSPS) is 10.5. The second kappa shape index (κ2) is 7.36. The highest BCUT2D eigenvalue weighted by Crippen LogP contribution is 2.20. The molecule has 3 rings (SSSR count). The molecule has 0 aliphatic rings. The minimum Gasteiger partial charge on any atom is -0.481 e. The zero-order valence-electron chi connectivity index (χ0n) is 13.9. The van der Waals surface area contributed by atoms with Gasteiger partial charge in [-0.2, -0.15) is 5.10 Å². The summed E-state index contributed by atoms with van der Waals surface area (Å²) >= 11 is 6.05. The molecule has 128 valence electrons. The van der Waals surface area contributed by atoms with Crippen molar-refractivity contribution in [2.75, 3.05) is 12.4 Å². The predicted octanol–water partition coefficient (Wildman–Crippen LogP) is 3.74. The molecule has 25 heavy (non-hydrogen) atoms. The van der Waals surface area contributed by atoms with Crippen LogP contribution >= 0.6 is 11.6 Å². The molecule has 0 aliphatic heterocycles. The summed E-state index contributed by atoms with van der Waals surface area (Å²) in [5.41, 5.74) is 2.72. The van der Waals surface area contributed by atoms with Gasteiger partial charge in [0.15, 0.2) is 0 Å². The van der Waals surface area contributed by atoms with Gasteiger partial charge in [0.25, 0.3) is 5.91 Å². The van der Waals surface area contributed by atoms with Crippen molar-refractivity contribution in [2.45, 2.75) is 13.3 Å². The van der Waals surface area contributed by atoms with Crippen molar-refractivity contribution in [1.29, 1.82) is 0 Å². The van der Waals surface area contributed by atoms with Crippen molar-refractivity contribution < 1.29 is 9.53 Å². The molecule has 1 N–H and O–H groups in total. The number of benzene rings is 1. The van der Waals surface area contributed by atoms with Gasteiger partial charge in [-0.05, 0) is 30.7 Å². The van der Waals surface area contributed by atoms with Crippen LogP contribution in [-0.4, -0.2) is 27.8 Å². The fourth-order valence-electron chi connectivity index (χ4n) is 2.51. The number of methoxy groups -OCH3 is 1. The monoisotopic (exact) mass is 356 g/mol. The van der Waals surface area contributed by atoms with E-state index in [9.17, 15) is 4.79 Å². The second-order valence-electron chi connectivity index (χ2n) is 5.29. The van der Waals surface area contributed by atoms with Gasteiger partial charge in [0.2, 0.25) is 5.88 Å². The van der Waals surface area contributed by atoms with Crippen molar-refractivity contribution in [1.82, 2.24) is 14.8 Å². The molecule has 1 amide bonds. The third-order valence-electron chi connectivity index (χ3n) is 3.70. The van der Waals surface area contributed by atoms with E-state index in [-0.39, 0.29) is 5.91 Å². The van der Waals surface area contributed by atoms with Gasteiger partial charge in [-0.15, -0.1) is 0 Å². The van der Waals surface area contributed by atoms with Gasteiger partial charge in [-0.1, -0.05) is 24.6 Å². The van der Waals surface area contributed by atoms with Gasteiger partial charge in [0.05, 0.1) is 42.1 Å². The van der Waals surface area contributed by atoms with Crippen molar-refractivity contribution in [3.8, 4) is 11.6 Å². The van der Waals surface area contributed by atoms with Crippen LogP contribution in [0.5, 0.6) is 5.88 Å². The van der Waals surface area contributed by atoms with Crippen LogP contribution in [0.2, 0.25) is 5.02 Å². The first-order valence-electron chi connectivity index (χ1n) is 7.76. The minimum atomic E-state index is -0.239. The summed E-state index contributed by atoms with van der Waals surface area (Å²) < 4.78 is 6.74. The highest BCUT2D eigenvalue weighted by molar-refractivity contribution is 6.30. The number of rotatable bonds is 5. The van der Waals surface area contributed by atoms with Gasteiger partial charge in [0.1, 0.15) is 0 Å². The number of ether oxygens (including phenoxy) is 1. The van der Waals surface area contributed by atoms with Crippen molar-refractivity contribution in [2.24, 2.45) is 0 Å². The number of anilines is 1. The lowest BCUT2D eigenvalue weighted by Crippen LogP contribution is -2.14. The lowest BCUT2D eigenvalue weighted by Gasteiger charge is -2.09. The van der Waals surface area contributed by atoms with E-state index in [2.05, 4.69) is 15.4 Å². The molecular weight excluding hydrogens is 340 g/mol. The first-order valence-corrected chi connectivity index (χ1v) is 8.14. The van der Waals surface area contributed by atoms with Crippen molar-refractivity contribution in [3.63, 3.8) is 0 Å². The highest BCUT2D eigenvalue weighted by atomic mass is 35.5. The maximum Gasteiger partial charge on any atom is 0.259 e. The molecule has 3 aromatic rings. The maximum absolute atomic E-state index is 12.6. The molecule has 0 saturated carbocycles. The molecule has 0 fully saturated rings. The summed E-state index contributed by atoms with van der Waals surface area (Å²) in [6, 6.07) is 10.8. The van der Waals surface area contributed by atoms with Gasteiger partial charge in [0, 0.05) is 11.1 Å². The molecule has 0 saturated heterocycles. The van der Waals surface area contributed by atoms with Crippen LogP contribution in [0.3, 0.4) is 0 Å². The first-order chi connectivity index (χ1) is 12.1. The van der Waals surface area contributed by atoms with Gasteiger partial charge in [-0.25, -0.2) is 9.67 Å². The number of nitrogens with one attached hydrogen (secondary N) is 1. The smallest absolute Gasteiger partial charge is 0.259 e. The largest absolute Gasteiger partial charge is 0.481 e. The number of carbonyl (C=O) groups is 1. The van der Waals surface area contributed by atoms with E-state index in [1.807, 2.05) is 25.1 Å². The minimum absolute atomic E-state index is 0.239. The topological polar surface area (TPSA) is 69.0 Å². The summed E-state index contributed by atoms with van der Waals surface area (Å²) in [7, 11) is 1.54. The maximum atomic E-state index is 12.6. The van der Waals surface area contributed by atoms with E-state index in [0.717, 1.165) is 11.4 Å². The first kappa shape index (κ1) is 17.0. The van der Waals surface area contributed by atoms with Crippen molar-refractivity contribution >= 4 is 23.2 Å². The summed E-state index contributed by atoms with van der Waals surface area (Å²) in [6.45, 7) is 1.98. The quantitative estimate of drug-likeness (QED) is 0.756. The summed E-state index contributed by atoms with van der Waals surface area (Å²) in [6.07, 6.45) is 3.76. The van der Waals surface area contributed by atoms with E-state index in [4.69, 9.17) is 16.3 Å².